The molecule has 0 radical (unpaired) electrons. The Morgan fingerprint density at radius 3 is 2.55 bits per heavy atom. The number of nitrogens with one attached hydrogen (secondary N) is 1. The molecule has 0 aliphatic rings. The SMILES string of the molecule is Cc1cc(=O)oc2cc(NC(=O)c3ccc(Br)cc3)ccc12. The van der Waals surface area contributed by atoms with E-state index in [-0.39, 0.29) is 5.91 Å². The molecule has 3 aromatic rings. The largest absolute Gasteiger partial charge is 0.423 e. The number of carbonyl (C=O) groups excluding carboxylic acids is 1. The Morgan fingerprint density at radius 1 is 1.09 bits per heavy atom. The summed E-state index contributed by atoms with van der Waals surface area (Å²) in [6.07, 6.45) is 0. The molecule has 5 heteroatoms. The number of halogens is 1. The van der Waals surface area contributed by atoms with Crippen molar-refractivity contribution < 1.29 is 9.21 Å². The van der Waals surface area contributed by atoms with Crippen molar-refractivity contribution >= 4 is 38.5 Å². The third-order valence-corrected chi connectivity index (χ3v) is 3.84. The molecule has 0 aliphatic heterocycles. The first kappa shape index (κ1) is 14.5. The first-order valence-electron chi connectivity index (χ1n) is 6.64. The van der Waals surface area contributed by atoms with Crippen LogP contribution in [0.25, 0.3) is 11.0 Å². The molecule has 0 saturated carbocycles. The molecule has 3 rings (SSSR count). The fourth-order valence-electron chi connectivity index (χ4n) is 2.21. The minimum Gasteiger partial charge on any atom is -0.423 e. The van der Waals surface area contributed by atoms with Crippen molar-refractivity contribution in [2.24, 2.45) is 0 Å². The van der Waals surface area contributed by atoms with E-state index in [1.807, 2.05) is 13.0 Å². The van der Waals surface area contributed by atoms with Gasteiger partial charge in [0, 0.05) is 33.2 Å². The summed E-state index contributed by atoms with van der Waals surface area (Å²) in [5.74, 6) is -0.221. The maximum Gasteiger partial charge on any atom is 0.336 e. The van der Waals surface area contributed by atoms with E-state index in [0.29, 0.717) is 16.8 Å². The van der Waals surface area contributed by atoms with Gasteiger partial charge < -0.3 is 9.73 Å². The topological polar surface area (TPSA) is 59.3 Å². The van der Waals surface area contributed by atoms with Crippen LogP contribution in [0.4, 0.5) is 5.69 Å². The van der Waals surface area contributed by atoms with Gasteiger partial charge in [-0.25, -0.2) is 4.79 Å². The predicted molar refractivity (Wildman–Crippen MR) is 89.3 cm³/mol. The molecule has 0 bridgehead atoms. The third kappa shape index (κ3) is 2.94. The van der Waals surface area contributed by atoms with Crippen LogP contribution >= 0.6 is 15.9 Å². The molecular weight excluding hydrogens is 346 g/mol. The lowest BCUT2D eigenvalue weighted by molar-refractivity contribution is 0.102. The zero-order valence-electron chi connectivity index (χ0n) is 11.7. The second-order valence-electron chi connectivity index (χ2n) is 4.92. The zero-order valence-corrected chi connectivity index (χ0v) is 13.3. The molecule has 0 unspecified atom stereocenters. The monoisotopic (exact) mass is 357 g/mol. The van der Waals surface area contributed by atoms with Gasteiger partial charge in [-0.15, -0.1) is 0 Å². The van der Waals surface area contributed by atoms with Crippen LogP contribution in [-0.2, 0) is 0 Å². The minimum absolute atomic E-state index is 0.221. The number of hydrogen-bond donors (Lipinski definition) is 1. The Kier molecular flexibility index (Phi) is 3.81. The molecule has 110 valence electrons. The highest BCUT2D eigenvalue weighted by molar-refractivity contribution is 9.10. The summed E-state index contributed by atoms with van der Waals surface area (Å²) in [6, 6.07) is 13.8. The molecule has 2 aromatic carbocycles. The summed E-state index contributed by atoms with van der Waals surface area (Å²) < 4.78 is 6.08. The van der Waals surface area contributed by atoms with Gasteiger partial charge in [-0.2, -0.15) is 0 Å². The van der Waals surface area contributed by atoms with Crippen molar-refractivity contribution in [3.05, 3.63) is 74.6 Å². The van der Waals surface area contributed by atoms with Gasteiger partial charge in [0.1, 0.15) is 5.58 Å². The molecule has 0 atom stereocenters. The number of anilines is 1. The van der Waals surface area contributed by atoms with E-state index in [1.165, 1.54) is 6.07 Å². The average Bonchev–Trinajstić information content (AvgIpc) is 2.47. The van der Waals surface area contributed by atoms with Crippen LogP contribution in [0.2, 0.25) is 0 Å². The molecule has 0 aliphatic carbocycles. The lowest BCUT2D eigenvalue weighted by atomic mass is 10.1. The summed E-state index contributed by atoms with van der Waals surface area (Å²) in [4.78, 5) is 23.6. The number of fused-ring (bicyclic) bond motifs is 1. The predicted octanol–water partition coefficient (Wildman–Crippen LogP) is 4.12. The van der Waals surface area contributed by atoms with E-state index < -0.39 is 5.63 Å². The van der Waals surface area contributed by atoms with Crippen LogP contribution in [0, 0.1) is 6.92 Å². The normalized spacial score (nSPS) is 10.6. The smallest absolute Gasteiger partial charge is 0.336 e. The average molecular weight is 358 g/mol. The number of hydrogen-bond acceptors (Lipinski definition) is 3. The molecular formula is C17H12BrNO3. The highest BCUT2D eigenvalue weighted by Gasteiger charge is 2.08. The standard InChI is InChI=1S/C17H12BrNO3/c1-10-8-16(20)22-15-9-13(6-7-14(10)15)19-17(21)11-2-4-12(18)5-3-11/h2-9H,1H3,(H,19,21). The summed E-state index contributed by atoms with van der Waals surface area (Å²) >= 11 is 3.33. The quantitative estimate of drug-likeness (QED) is 0.701. The van der Waals surface area contributed by atoms with Gasteiger partial charge in [0.2, 0.25) is 0 Å². The van der Waals surface area contributed by atoms with Crippen molar-refractivity contribution in [1.29, 1.82) is 0 Å². The highest BCUT2D eigenvalue weighted by atomic mass is 79.9. The Bertz CT molecular complexity index is 913. The van der Waals surface area contributed by atoms with E-state index in [2.05, 4.69) is 21.2 Å². The van der Waals surface area contributed by atoms with Crippen molar-refractivity contribution in [3.8, 4) is 0 Å². The van der Waals surface area contributed by atoms with E-state index in [1.54, 1.807) is 36.4 Å². The Morgan fingerprint density at radius 2 is 1.82 bits per heavy atom. The van der Waals surface area contributed by atoms with Gasteiger partial charge in [0.05, 0.1) is 0 Å². The van der Waals surface area contributed by atoms with Gasteiger partial charge in [0.25, 0.3) is 5.91 Å². The number of rotatable bonds is 2. The molecule has 1 N–H and O–H groups in total. The number of benzene rings is 2. The van der Waals surface area contributed by atoms with Crippen LogP contribution in [0.1, 0.15) is 15.9 Å². The molecule has 1 amide bonds. The lowest BCUT2D eigenvalue weighted by Gasteiger charge is -2.07. The maximum absolute atomic E-state index is 12.2. The number of carbonyl (C=O) groups is 1. The summed E-state index contributed by atoms with van der Waals surface area (Å²) in [7, 11) is 0. The molecule has 22 heavy (non-hydrogen) atoms. The molecule has 0 fully saturated rings. The van der Waals surface area contributed by atoms with Crippen molar-refractivity contribution in [2.75, 3.05) is 5.32 Å². The van der Waals surface area contributed by atoms with Crippen LogP contribution < -0.4 is 10.9 Å². The van der Waals surface area contributed by atoms with Crippen molar-refractivity contribution in [3.63, 3.8) is 0 Å². The van der Waals surface area contributed by atoms with Crippen LogP contribution in [0.3, 0.4) is 0 Å². The second-order valence-corrected chi connectivity index (χ2v) is 5.84. The van der Waals surface area contributed by atoms with E-state index in [4.69, 9.17) is 4.42 Å². The first-order chi connectivity index (χ1) is 10.5. The van der Waals surface area contributed by atoms with Gasteiger partial charge in [-0.1, -0.05) is 15.9 Å². The minimum atomic E-state index is -0.401. The molecule has 0 saturated heterocycles. The second kappa shape index (κ2) is 5.77. The lowest BCUT2D eigenvalue weighted by Crippen LogP contribution is -2.11. The third-order valence-electron chi connectivity index (χ3n) is 3.32. The summed E-state index contributed by atoms with van der Waals surface area (Å²) in [6.45, 7) is 1.85. The van der Waals surface area contributed by atoms with E-state index in [0.717, 1.165) is 15.4 Å². The van der Waals surface area contributed by atoms with Crippen LogP contribution in [-0.4, -0.2) is 5.91 Å². The number of amides is 1. The molecule has 4 nitrogen and oxygen atoms in total. The Labute approximate surface area is 134 Å². The van der Waals surface area contributed by atoms with Gasteiger partial charge in [-0.05, 0) is 48.9 Å². The first-order valence-corrected chi connectivity index (χ1v) is 7.44. The van der Waals surface area contributed by atoms with Crippen molar-refractivity contribution in [1.82, 2.24) is 0 Å². The van der Waals surface area contributed by atoms with Gasteiger partial charge >= 0.3 is 5.63 Å². The molecule has 1 aromatic heterocycles. The highest BCUT2D eigenvalue weighted by Crippen LogP contribution is 2.21. The van der Waals surface area contributed by atoms with Crippen LogP contribution in [0.15, 0.2) is 62.2 Å². The van der Waals surface area contributed by atoms with E-state index in [9.17, 15) is 9.59 Å². The summed E-state index contributed by atoms with van der Waals surface area (Å²) in [5.41, 5.74) is 2.03. The fourth-order valence-corrected chi connectivity index (χ4v) is 2.47. The van der Waals surface area contributed by atoms with Gasteiger partial charge in [-0.3, -0.25) is 4.79 Å². The Hall–Kier alpha value is -2.40. The Balaban J connectivity index is 1.92. The summed E-state index contributed by atoms with van der Waals surface area (Å²) in [5, 5.41) is 3.64. The van der Waals surface area contributed by atoms with Crippen molar-refractivity contribution in [2.45, 2.75) is 6.92 Å². The maximum atomic E-state index is 12.2. The van der Waals surface area contributed by atoms with Gasteiger partial charge in [0.15, 0.2) is 0 Å². The van der Waals surface area contributed by atoms with Crippen LogP contribution in [0.5, 0.6) is 0 Å². The fraction of sp³-hybridized carbons (Fsp3) is 0.0588. The molecule has 1 heterocycles. The number of aryl methyl sites for hydroxylation is 1. The van der Waals surface area contributed by atoms with E-state index >= 15 is 0 Å². The molecule has 0 spiro atoms. The zero-order chi connectivity index (χ0) is 15.7.